The fraction of sp³-hybridized carbons (Fsp3) is 0.286. The maximum absolute atomic E-state index is 13.1. The van der Waals surface area contributed by atoms with E-state index in [4.69, 9.17) is 16.3 Å². The zero-order valence-electron chi connectivity index (χ0n) is 15.6. The number of benzene rings is 2. The highest BCUT2D eigenvalue weighted by atomic mass is 35.5. The van der Waals surface area contributed by atoms with Gasteiger partial charge in [0.05, 0.1) is 29.3 Å². The number of para-hydroxylation sites is 1. The highest BCUT2D eigenvalue weighted by Gasteiger charge is 2.21. The largest absolute Gasteiger partial charge is 0.376 e. The monoisotopic (exact) mass is 429 g/mol. The van der Waals surface area contributed by atoms with Gasteiger partial charge in [-0.25, -0.2) is 4.98 Å². The van der Waals surface area contributed by atoms with Crippen molar-refractivity contribution in [3.05, 3.63) is 63.9 Å². The number of amides is 1. The van der Waals surface area contributed by atoms with Crippen LogP contribution in [0.25, 0.3) is 10.9 Å². The molecule has 2 aromatic carbocycles. The lowest BCUT2D eigenvalue weighted by molar-refractivity contribution is -0.113. The van der Waals surface area contributed by atoms with Crippen LogP contribution in [0.5, 0.6) is 0 Å². The summed E-state index contributed by atoms with van der Waals surface area (Å²) in [5.41, 5.74) is 1.11. The lowest BCUT2D eigenvalue weighted by atomic mass is 10.2. The van der Waals surface area contributed by atoms with Crippen molar-refractivity contribution in [2.24, 2.45) is 0 Å². The molecule has 0 bridgehead atoms. The summed E-state index contributed by atoms with van der Waals surface area (Å²) >= 11 is 7.31. The Morgan fingerprint density at radius 2 is 2.10 bits per heavy atom. The van der Waals surface area contributed by atoms with Crippen LogP contribution in [0.3, 0.4) is 0 Å². The summed E-state index contributed by atoms with van der Waals surface area (Å²) in [6, 6.07) is 14.3. The molecule has 8 heteroatoms. The van der Waals surface area contributed by atoms with Gasteiger partial charge in [0, 0.05) is 17.3 Å². The zero-order chi connectivity index (χ0) is 20.2. The minimum atomic E-state index is -0.162. The number of carbonyl (C=O) groups is 1. The van der Waals surface area contributed by atoms with E-state index in [-0.39, 0.29) is 23.3 Å². The van der Waals surface area contributed by atoms with Crippen molar-refractivity contribution in [2.75, 3.05) is 17.7 Å². The van der Waals surface area contributed by atoms with E-state index in [1.807, 2.05) is 30.3 Å². The van der Waals surface area contributed by atoms with Crippen molar-refractivity contribution in [1.82, 2.24) is 9.55 Å². The van der Waals surface area contributed by atoms with Crippen molar-refractivity contribution in [1.29, 1.82) is 0 Å². The number of nitrogens with zero attached hydrogens (tertiary/aromatic N) is 2. The Balaban J connectivity index is 1.60. The second-order valence-electron chi connectivity index (χ2n) is 6.81. The van der Waals surface area contributed by atoms with Gasteiger partial charge in [0.25, 0.3) is 5.56 Å². The van der Waals surface area contributed by atoms with Gasteiger partial charge in [-0.3, -0.25) is 14.2 Å². The second kappa shape index (κ2) is 8.98. The van der Waals surface area contributed by atoms with Crippen LogP contribution in [-0.4, -0.2) is 33.9 Å². The maximum Gasteiger partial charge on any atom is 0.262 e. The summed E-state index contributed by atoms with van der Waals surface area (Å²) in [6.45, 7) is 1.13. The van der Waals surface area contributed by atoms with Gasteiger partial charge in [-0.1, -0.05) is 41.6 Å². The van der Waals surface area contributed by atoms with Gasteiger partial charge in [0.15, 0.2) is 5.16 Å². The molecule has 2 heterocycles. The number of halogens is 1. The van der Waals surface area contributed by atoms with Crippen LogP contribution in [0.1, 0.15) is 12.8 Å². The minimum absolute atomic E-state index is 0.0169. The SMILES string of the molecule is O=C(CSc1nc2cc(Cl)ccc2c(=O)n1CC1CCCO1)Nc1ccccc1. The molecule has 150 valence electrons. The van der Waals surface area contributed by atoms with Crippen molar-refractivity contribution in [3.8, 4) is 0 Å². The Labute approximate surface area is 177 Å². The van der Waals surface area contributed by atoms with Crippen LogP contribution in [0.4, 0.5) is 5.69 Å². The van der Waals surface area contributed by atoms with Gasteiger partial charge >= 0.3 is 0 Å². The Bertz CT molecular complexity index is 1080. The summed E-state index contributed by atoms with van der Waals surface area (Å²) < 4.78 is 7.32. The van der Waals surface area contributed by atoms with Gasteiger partial charge < -0.3 is 10.1 Å². The van der Waals surface area contributed by atoms with Crippen LogP contribution in [0.15, 0.2) is 58.5 Å². The van der Waals surface area contributed by atoms with Gasteiger partial charge in [-0.2, -0.15) is 0 Å². The molecule has 1 unspecified atom stereocenters. The molecule has 1 aliphatic heterocycles. The molecule has 1 atom stereocenters. The van der Waals surface area contributed by atoms with Crippen molar-refractivity contribution in [3.63, 3.8) is 0 Å². The van der Waals surface area contributed by atoms with Gasteiger partial charge in [-0.15, -0.1) is 0 Å². The number of aromatic nitrogens is 2. The Hall–Kier alpha value is -2.35. The first-order valence-corrected chi connectivity index (χ1v) is 10.8. The Kier molecular flexibility index (Phi) is 6.18. The van der Waals surface area contributed by atoms with Crippen LogP contribution in [0, 0.1) is 0 Å². The van der Waals surface area contributed by atoms with Crippen molar-refractivity contribution >= 4 is 45.9 Å². The molecule has 4 rings (SSSR count). The normalized spacial score (nSPS) is 16.2. The predicted octanol–water partition coefficient (Wildman–Crippen LogP) is 3.96. The van der Waals surface area contributed by atoms with Crippen LogP contribution < -0.4 is 10.9 Å². The van der Waals surface area contributed by atoms with E-state index in [9.17, 15) is 9.59 Å². The van der Waals surface area contributed by atoms with E-state index in [0.29, 0.717) is 34.2 Å². The molecule has 1 fully saturated rings. The number of ether oxygens (including phenoxy) is 1. The molecule has 29 heavy (non-hydrogen) atoms. The molecule has 0 saturated carbocycles. The molecule has 3 aromatic rings. The summed E-state index contributed by atoms with van der Waals surface area (Å²) in [4.78, 5) is 30.1. The average molecular weight is 430 g/mol. The van der Waals surface area contributed by atoms with E-state index in [0.717, 1.165) is 18.5 Å². The fourth-order valence-electron chi connectivity index (χ4n) is 3.29. The third-order valence-corrected chi connectivity index (χ3v) is 5.89. The minimum Gasteiger partial charge on any atom is -0.376 e. The smallest absolute Gasteiger partial charge is 0.262 e. The second-order valence-corrected chi connectivity index (χ2v) is 8.19. The molecule has 1 saturated heterocycles. The number of rotatable bonds is 6. The summed E-state index contributed by atoms with van der Waals surface area (Å²) in [7, 11) is 0. The average Bonchev–Trinajstić information content (AvgIpc) is 3.22. The molecule has 0 spiro atoms. The molecule has 1 aromatic heterocycles. The molecule has 1 N–H and O–H groups in total. The number of anilines is 1. The van der Waals surface area contributed by atoms with Crippen LogP contribution in [-0.2, 0) is 16.1 Å². The number of nitrogens with one attached hydrogen (secondary N) is 1. The third kappa shape index (κ3) is 4.80. The predicted molar refractivity (Wildman–Crippen MR) is 116 cm³/mol. The van der Waals surface area contributed by atoms with Gasteiger partial charge in [0.2, 0.25) is 5.91 Å². The molecule has 0 radical (unpaired) electrons. The first kappa shape index (κ1) is 19.9. The highest BCUT2D eigenvalue weighted by Crippen LogP contribution is 2.23. The van der Waals surface area contributed by atoms with Gasteiger partial charge in [0.1, 0.15) is 0 Å². The zero-order valence-corrected chi connectivity index (χ0v) is 17.2. The molecular weight excluding hydrogens is 410 g/mol. The summed E-state index contributed by atoms with van der Waals surface area (Å²) in [6.07, 6.45) is 1.87. The molecule has 0 aliphatic carbocycles. The fourth-order valence-corrected chi connectivity index (χ4v) is 4.26. The Morgan fingerprint density at radius 1 is 1.28 bits per heavy atom. The number of carbonyl (C=O) groups excluding carboxylic acids is 1. The summed E-state index contributed by atoms with van der Waals surface area (Å²) in [5, 5.41) is 4.35. The highest BCUT2D eigenvalue weighted by molar-refractivity contribution is 7.99. The summed E-state index contributed by atoms with van der Waals surface area (Å²) in [5.74, 6) is -0.0239. The number of hydrogen-bond donors (Lipinski definition) is 1. The lowest BCUT2D eigenvalue weighted by Gasteiger charge is -2.16. The first-order valence-electron chi connectivity index (χ1n) is 9.39. The van der Waals surface area contributed by atoms with Crippen LogP contribution in [0.2, 0.25) is 5.02 Å². The van der Waals surface area contributed by atoms with E-state index < -0.39 is 0 Å². The standard InChI is InChI=1S/C21H20ClN3O3S/c22-14-8-9-17-18(11-14)24-21(25(20(17)27)12-16-7-4-10-28-16)29-13-19(26)23-15-5-2-1-3-6-15/h1-3,5-6,8-9,11,16H,4,7,10,12-13H2,(H,23,26). The third-order valence-electron chi connectivity index (χ3n) is 4.68. The van der Waals surface area contributed by atoms with E-state index >= 15 is 0 Å². The Morgan fingerprint density at radius 3 is 2.86 bits per heavy atom. The molecular formula is C21H20ClN3O3S. The lowest BCUT2D eigenvalue weighted by Crippen LogP contribution is -2.29. The number of thioether (sulfide) groups is 1. The van der Waals surface area contributed by atoms with Crippen molar-refractivity contribution < 1.29 is 9.53 Å². The topological polar surface area (TPSA) is 73.2 Å². The van der Waals surface area contributed by atoms with Crippen LogP contribution >= 0.6 is 23.4 Å². The molecule has 1 amide bonds. The van der Waals surface area contributed by atoms with E-state index in [2.05, 4.69) is 10.3 Å². The quantitative estimate of drug-likeness (QED) is 0.474. The maximum atomic E-state index is 13.1. The molecule has 1 aliphatic rings. The van der Waals surface area contributed by atoms with E-state index in [1.165, 1.54) is 11.8 Å². The van der Waals surface area contributed by atoms with Gasteiger partial charge in [-0.05, 0) is 43.2 Å². The van der Waals surface area contributed by atoms with Crippen molar-refractivity contribution in [2.45, 2.75) is 30.6 Å². The number of hydrogen-bond acceptors (Lipinski definition) is 5. The number of fused-ring (bicyclic) bond motifs is 1. The molecule has 6 nitrogen and oxygen atoms in total. The first-order chi connectivity index (χ1) is 14.1. The van der Waals surface area contributed by atoms with E-state index in [1.54, 1.807) is 22.8 Å².